The molecule has 0 bridgehead atoms. The quantitative estimate of drug-likeness (QED) is 0.445. The van der Waals surface area contributed by atoms with Gasteiger partial charge in [-0.3, -0.25) is 9.36 Å². The zero-order valence-corrected chi connectivity index (χ0v) is 15.4. The van der Waals surface area contributed by atoms with Crippen molar-refractivity contribution in [2.24, 2.45) is 5.92 Å². The molecule has 1 saturated heterocycles. The first kappa shape index (κ1) is 16.7. The fraction of sp³-hybridized carbons (Fsp3) is 0.529. The number of ether oxygens (including phenoxy) is 1. The monoisotopic (exact) mass is 384 g/mol. The Kier molecular flexibility index (Phi) is 4.54. The van der Waals surface area contributed by atoms with Gasteiger partial charge in [-0.15, -0.1) is 23.2 Å². The number of aromatic nitrogens is 2. The molecule has 24 heavy (non-hydrogen) atoms. The Hall–Kier alpha value is -0.750. The van der Waals surface area contributed by atoms with Gasteiger partial charge >= 0.3 is 0 Å². The number of nitrogens with zero attached hydrogens (tertiary/aromatic N) is 2. The molecule has 7 heteroatoms. The van der Waals surface area contributed by atoms with Crippen molar-refractivity contribution in [2.75, 3.05) is 12.4 Å². The van der Waals surface area contributed by atoms with Crippen LogP contribution in [0.2, 0.25) is 0 Å². The first-order valence-corrected chi connectivity index (χ1v) is 9.90. The van der Waals surface area contributed by atoms with Crippen LogP contribution in [-0.4, -0.2) is 32.3 Å². The van der Waals surface area contributed by atoms with Gasteiger partial charge in [0.1, 0.15) is 4.33 Å². The normalized spacial score (nSPS) is 25.2. The lowest BCUT2D eigenvalue weighted by molar-refractivity contribution is 0.0937. The summed E-state index contributed by atoms with van der Waals surface area (Å²) >= 11 is 13.8. The van der Waals surface area contributed by atoms with Crippen LogP contribution >= 0.6 is 35.0 Å². The van der Waals surface area contributed by atoms with Gasteiger partial charge in [-0.1, -0.05) is 23.9 Å². The largest absolute Gasteiger partial charge is 0.376 e. The Bertz CT molecular complexity index is 818. The molecular weight excluding hydrogens is 367 g/mol. The topological polar surface area (TPSA) is 44.1 Å². The average Bonchev–Trinajstić information content (AvgIpc) is 2.96. The van der Waals surface area contributed by atoms with Crippen LogP contribution in [0.3, 0.4) is 0 Å². The van der Waals surface area contributed by atoms with E-state index in [2.05, 4.69) is 0 Å². The highest BCUT2D eigenvalue weighted by Crippen LogP contribution is 2.54. The van der Waals surface area contributed by atoms with Crippen LogP contribution in [0.15, 0.2) is 34.2 Å². The van der Waals surface area contributed by atoms with E-state index in [-0.39, 0.29) is 17.6 Å². The first-order valence-electron chi connectivity index (χ1n) is 8.16. The van der Waals surface area contributed by atoms with E-state index in [9.17, 15) is 4.79 Å². The Morgan fingerprint density at radius 1 is 1.38 bits per heavy atom. The van der Waals surface area contributed by atoms with E-state index in [1.165, 1.54) is 0 Å². The molecule has 2 atom stereocenters. The molecule has 0 unspecified atom stereocenters. The molecule has 128 valence electrons. The van der Waals surface area contributed by atoms with Crippen LogP contribution in [0.4, 0.5) is 0 Å². The van der Waals surface area contributed by atoms with Gasteiger partial charge in [-0.2, -0.15) is 0 Å². The van der Waals surface area contributed by atoms with Crippen molar-refractivity contribution in [3.8, 4) is 0 Å². The highest BCUT2D eigenvalue weighted by molar-refractivity contribution is 7.99. The fourth-order valence-electron chi connectivity index (χ4n) is 3.04. The summed E-state index contributed by atoms with van der Waals surface area (Å²) in [6, 6.07) is 7.47. The van der Waals surface area contributed by atoms with Crippen LogP contribution in [0.25, 0.3) is 10.9 Å². The predicted octanol–water partition coefficient (Wildman–Crippen LogP) is 3.86. The molecule has 0 amide bonds. The standard InChI is InChI=1S/C17H18Cl2N2O2S/c18-17(19)8-11(17)10-24-16-20-14-6-2-1-5-13(14)15(22)21(16)9-12-4-3-7-23-12/h1-2,5-6,11-12H,3-4,7-10H2/t11-,12+/m1/s1. The van der Waals surface area contributed by atoms with Gasteiger partial charge < -0.3 is 4.74 Å². The Morgan fingerprint density at radius 2 is 2.17 bits per heavy atom. The van der Waals surface area contributed by atoms with E-state index in [0.717, 1.165) is 42.3 Å². The molecule has 2 heterocycles. The van der Waals surface area contributed by atoms with E-state index in [1.54, 1.807) is 16.3 Å². The van der Waals surface area contributed by atoms with Crippen molar-refractivity contribution in [3.05, 3.63) is 34.6 Å². The summed E-state index contributed by atoms with van der Waals surface area (Å²) in [5.41, 5.74) is 0.727. The highest BCUT2D eigenvalue weighted by Gasteiger charge is 2.51. The van der Waals surface area contributed by atoms with E-state index >= 15 is 0 Å². The third kappa shape index (κ3) is 3.32. The summed E-state index contributed by atoms with van der Waals surface area (Å²) < 4.78 is 6.86. The second kappa shape index (κ2) is 6.52. The number of halogens is 2. The van der Waals surface area contributed by atoms with Crippen molar-refractivity contribution in [3.63, 3.8) is 0 Å². The number of benzene rings is 1. The van der Waals surface area contributed by atoms with E-state index in [4.69, 9.17) is 32.9 Å². The SMILES string of the molecule is O=c1c2ccccc2nc(SC[C@H]2CC2(Cl)Cl)n1C[C@@H]1CCCO1. The van der Waals surface area contributed by atoms with Crippen LogP contribution in [0.1, 0.15) is 19.3 Å². The third-order valence-electron chi connectivity index (χ3n) is 4.61. The molecule has 0 radical (unpaired) electrons. The van der Waals surface area contributed by atoms with Gasteiger partial charge in [-0.05, 0) is 31.4 Å². The molecule has 4 nitrogen and oxygen atoms in total. The minimum atomic E-state index is -0.608. The minimum Gasteiger partial charge on any atom is -0.376 e. The molecule has 2 fully saturated rings. The molecule has 0 spiro atoms. The van der Waals surface area contributed by atoms with Gasteiger partial charge in [0.2, 0.25) is 0 Å². The maximum Gasteiger partial charge on any atom is 0.262 e. The number of thioether (sulfide) groups is 1. The first-order chi connectivity index (χ1) is 11.5. The summed E-state index contributed by atoms with van der Waals surface area (Å²) in [6.45, 7) is 1.32. The molecule has 4 rings (SSSR count). The fourth-order valence-corrected chi connectivity index (χ4v) is 4.97. The number of fused-ring (bicyclic) bond motifs is 1. The maximum atomic E-state index is 12.9. The summed E-state index contributed by atoms with van der Waals surface area (Å²) in [7, 11) is 0. The summed E-state index contributed by atoms with van der Waals surface area (Å²) in [4.78, 5) is 17.6. The van der Waals surface area contributed by atoms with Gasteiger partial charge in [0.25, 0.3) is 5.56 Å². The second-order valence-electron chi connectivity index (χ2n) is 6.44. The number of para-hydroxylation sites is 1. The summed E-state index contributed by atoms with van der Waals surface area (Å²) in [5, 5.41) is 1.38. The van der Waals surface area contributed by atoms with Crippen molar-refractivity contribution in [1.29, 1.82) is 0 Å². The number of hydrogen-bond donors (Lipinski definition) is 0. The molecule has 0 N–H and O–H groups in total. The van der Waals surface area contributed by atoms with Gasteiger partial charge in [0.15, 0.2) is 5.16 Å². The zero-order chi connectivity index (χ0) is 16.7. The third-order valence-corrected chi connectivity index (χ3v) is 6.67. The number of hydrogen-bond acceptors (Lipinski definition) is 4. The van der Waals surface area contributed by atoms with E-state index < -0.39 is 4.33 Å². The lowest BCUT2D eigenvalue weighted by Crippen LogP contribution is -2.29. The lowest BCUT2D eigenvalue weighted by atomic mass is 10.2. The maximum absolute atomic E-state index is 12.9. The van der Waals surface area contributed by atoms with Gasteiger partial charge in [-0.25, -0.2) is 4.98 Å². The van der Waals surface area contributed by atoms with Crippen molar-refractivity contribution < 1.29 is 4.74 Å². The molecule has 1 aromatic heterocycles. The molecule has 1 saturated carbocycles. The van der Waals surface area contributed by atoms with Crippen molar-refractivity contribution in [2.45, 2.75) is 41.4 Å². The summed E-state index contributed by atoms with van der Waals surface area (Å²) in [5.74, 6) is 1.02. The molecule has 1 aliphatic heterocycles. The minimum absolute atomic E-state index is 0.00240. The van der Waals surface area contributed by atoms with Crippen LogP contribution in [0.5, 0.6) is 0 Å². The van der Waals surface area contributed by atoms with E-state index in [1.807, 2.05) is 24.3 Å². The Morgan fingerprint density at radius 3 is 2.88 bits per heavy atom. The molecule has 1 aromatic carbocycles. The Balaban J connectivity index is 1.67. The molecule has 2 aromatic rings. The number of rotatable bonds is 5. The second-order valence-corrected chi connectivity index (χ2v) is 8.96. The zero-order valence-electron chi connectivity index (χ0n) is 13.1. The average molecular weight is 385 g/mol. The molecule has 2 aliphatic rings. The Labute approximate surface area is 154 Å². The van der Waals surface area contributed by atoms with E-state index in [0.29, 0.717) is 11.9 Å². The molecule has 1 aliphatic carbocycles. The van der Waals surface area contributed by atoms with Crippen molar-refractivity contribution >= 4 is 45.9 Å². The van der Waals surface area contributed by atoms with Crippen LogP contribution in [-0.2, 0) is 11.3 Å². The number of alkyl halides is 2. The van der Waals surface area contributed by atoms with Gasteiger partial charge in [0, 0.05) is 18.3 Å². The predicted molar refractivity (Wildman–Crippen MR) is 98.2 cm³/mol. The summed E-state index contributed by atoms with van der Waals surface area (Å²) in [6.07, 6.45) is 2.92. The molecular formula is C17H18Cl2N2O2S. The smallest absolute Gasteiger partial charge is 0.262 e. The van der Waals surface area contributed by atoms with Crippen molar-refractivity contribution in [1.82, 2.24) is 9.55 Å². The van der Waals surface area contributed by atoms with Gasteiger partial charge in [0.05, 0.1) is 23.6 Å². The lowest BCUT2D eigenvalue weighted by Gasteiger charge is -2.16. The van der Waals surface area contributed by atoms with Crippen LogP contribution < -0.4 is 5.56 Å². The highest BCUT2D eigenvalue weighted by atomic mass is 35.5. The van der Waals surface area contributed by atoms with Crippen LogP contribution in [0, 0.1) is 5.92 Å².